The van der Waals surface area contributed by atoms with Crippen LogP contribution < -0.4 is 10.4 Å². The summed E-state index contributed by atoms with van der Waals surface area (Å²) < 4.78 is 20.1. The molecule has 8 heteroatoms. The highest BCUT2D eigenvalue weighted by molar-refractivity contribution is 9.11. The van der Waals surface area contributed by atoms with Crippen LogP contribution in [0.15, 0.2) is 76.6 Å². The number of rotatable bonds is 8. The Morgan fingerprint density at radius 2 is 1.44 bits per heavy atom. The molecule has 0 radical (unpaired) electrons. The predicted octanol–water partition coefficient (Wildman–Crippen LogP) is 5.00. The van der Waals surface area contributed by atoms with Crippen LogP contribution in [0.2, 0.25) is 5.04 Å². The van der Waals surface area contributed by atoms with Gasteiger partial charge in [-0.15, -0.1) is 11.3 Å². The number of ether oxygens (including phenoxy) is 2. The van der Waals surface area contributed by atoms with E-state index in [0.29, 0.717) is 0 Å². The van der Waals surface area contributed by atoms with Crippen LogP contribution in [0.25, 0.3) is 0 Å². The van der Waals surface area contributed by atoms with Crippen molar-refractivity contribution in [2.45, 2.75) is 69.9 Å². The number of aliphatic hydroxyl groups is 2. The zero-order valence-electron chi connectivity index (χ0n) is 21.4. The Labute approximate surface area is 227 Å². The summed E-state index contributed by atoms with van der Waals surface area (Å²) in [6.07, 6.45) is -3.43. The second-order valence-electron chi connectivity index (χ2n) is 10.7. The minimum atomic E-state index is -2.83. The second kappa shape index (κ2) is 10.8. The molecule has 1 saturated heterocycles. The standard InChI is InChI=1S/C28H35BrO5SSi/c1-27(2,3)36(19-12-8-6-9-13-19,20-14-10-7-11-15-20)32-18-21(30)25-26(34-28(4,5)33-25)24(31)22-16-17-23(29)35-22/h6-17,21,24-26,30-31H,18H2,1-5H3/t21-,24-,25-,26+/m1/s1. The minimum absolute atomic E-state index is 0.0503. The molecule has 0 aliphatic carbocycles. The molecule has 2 N–H and O–H groups in total. The maximum atomic E-state index is 11.5. The zero-order chi connectivity index (χ0) is 26.1. The molecule has 2 aromatic carbocycles. The Morgan fingerprint density at radius 3 is 1.92 bits per heavy atom. The average Bonchev–Trinajstić information content (AvgIpc) is 3.42. The van der Waals surface area contributed by atoms with Crippen molar-refractivity contribution in [3.8, 4) is 0 Å². The van der Waals surface area contributed by atoms with Gasteiger partial charge in [0.2, 0.25) is 0 Å². The second-order valence-corrected chi connectivity index (χ2v) is 17.5. The minimum Gasteiger partial charge on any atom is -0.405 e. The normalized spacial score (nSPS) is 21.9. The van der Waals surface area contributed by atoms with Gasteiger partial charge in [-0.25, -0.2) is 0 Å². The number of benzene rings is 2. The van der Waals surface area contributed by atoms with E-state index in [9.17, 15) is 10.2 Å². The predicted molar refractivity (Wildman–Crippen MR) is 150 cm³/mol. The van der Waals surface area contributed by atoms with Gasteiger partial charge in [-0.2, -0.15) is 0 Å². The Bertz CT molecular complexity index is 1090. The lowest BCUT2D eigenvalue weighted by Gasteiger charge is -2.43. The van der Waals surface area contributed by atoms with Crippen LogP contribution in [-0.4, -0.2) is 49.2 Å². The Balaban J connectivity index is 1.65. The number of halogens is 1. The Kier molecular flexibility index (Phi) is 8.29. The third-order valence-corrected chi connectivity index (χ3v) is 13.3. The molecular formula is C28H35BrO5SSi. The van der Waals surface area contributed by atoms with Crippen molar-refractivity contribution in [2.75, 3.05) is 6.61 Å². The van der Waals surface area contributed by atoms with Crippen LogP contribution in [0, 0.1) is 0 Å². The molecule has 194 valence electrons. The quantitative estimate of drug-likeness (QED) is 0.361. The van der Waals surface area contributed by atoms with Crippen molar-refractivity contribution in [2.24, 2.45) is 0 Å². The molecule has 4 rings (SSSR count). The van der Waals surface area contributed by atoms with E-state index in [0.717, 1.165) is 19.0 Å². The van der Waals surface area contributed by atoms with E-state index in [4.69, 9.17) is 13.9 Å². The number of hydrogen-bond donors (Lipinski definition) is 2. The van der Waals surface area contributed by atoms with Crippen LogP contribution in [0.3, 0.4) is 0 Å². The van der Waals surface area contributed by atoms with E-state index in [1.807, 2.05) is 48.5 Å². The van der Waals surface area contributed by atoms with E-state index in [1.54, 1.807) is 13.8 Å². The third-order valence-electron chi connectivity index (χ3n) is 6.63. The number of hydrogen-bond acceptors (Lipinski definition) is 6. The lowest BCUT2D eigenvalue weighted by molar-refractivity contribution is -0.161. The van der Waals surface area contributed by atoms with Crippen molar-refractivity contribution in [1.29, 1.82) is 0 Å². The van der Waals surface area contributed by atoms with Gasteiger partial charge in [-0.05, 0) is 57.3 Å². The van der Waals surface area contributed by atoms with Crippen LogP contribution in [0.1, 0.15) is 45.6 Å². The van der Waals surface area contributed by atoms with Gasteiger partial charge in [0.25, 0.3) is 8.32 Å². The molecule has 0 unspecified atom stereocenters. The number of thiophene rings is 1. The summed E-state index contributed by atoms with van der Waals surface area (Å²) in [6, 6.07) is 24.4. The van der Waals surface area contributed by atoms with Gasteiger partial charge in [0.1, 0.15) is 24.4 Å². The lowest BCUT2D eigenvalue weighted by Crippen LogP contribution is -2.67. The van der Waals surface area contributed by atoms with Gasteiger partial charge in [0.05, 0.1) is 10.4 Å². The average molecular weight is 592 g/mol. The van der Waals surface area contributed by atoms with Crippen molar-refractivity contribution in [3.05, 3.63) is 81.5 Å². The van der Waals surface area contributed by atoms with Crippen LogP contribution in [0.5, 0.6) is 0 Å². The van der Waals surface area contributed by atoms with Crippen molar-refractivity contribution in [3.63, 3.8) is 0 Å². The zero-order valence-corrected chi connectivity index (χ0v) is 24.8. The van der Waals surface area contributed by atoms with Gasteiger partial charge < -0.3 is 24.1 Å². The van der Waals surface area contributed by atoms with Gasteiger partial charge in [0.15, 0.2) is 5.79 Å². The smallest absolute Gasteiger partial charge is 0.261 e. The molecule has 36 heavy (non-hydrogen) atoms. The van der Waals surface area contributed by atoms with Gasteiger partial charge in [0, 0.05) is 4.88 Å². The largest absolute Gasteiger partial charge is 0.405 e. The van der Waals surface area contributed by atoms with Crippen molar-refractivity contribution >= 4 is 46.0 Å². The maximum absolute atomic E-state index is 11.5. The fourth-order valence-electron chi connectivity index (χ4n) is 5.07. The maximum Gasteiger partial charge on any atom is 0.261 e. The molecule has 1 aliphatic rings. The summed E-state index contributed by atoms with van der Waals surface area (Å²) in [5.74, 6) is -0.941. The summed E-state index contributed by atoms with van der Waals surface area (Å²) in [4.78, 5) is 0.748. The molecule has 3 aromatic rings. The van der Waals surface area contributed by atoms with Gasteiger partial charge >= 0.3 is 0 Å². The van der Waals surface area contributed by atoms with E-state index in [1.165, 1.54) is 11.3 Å². The highest BCUT2D eigenvalue weighted by atomic mass is 79.9. The highest BCUT2D eigenvalue weighted by Gasteiger charge is 2.53. The van der Waals surface area contributed by atoms with Crippen LogP contribution >= 0.6 is 27.3 Å². The fraction of sp³-hybridized carbons (Fsp3) is 0.429. The number of aliphatic hydroxyl groups excluding tert-OH is 2. The molecule has 1 aromatic heterocycles. The molecule has 0 saturated carbocycles. The Morgan fingerprint density at radius 1 is 0.917 bits per heavy atom. The first-order valence-corrected chi connectivity index (χ1v) is 15.7. The Hall–Kier alpha value is -1.36. The lowest BCUT2D eigenvalue weighted by atomic mass is 10.0. The first-order valence-electron chi connectivity index (χ1n) is 12.2. The molecule has 1 fully saturated rings. The summed E-state index contributed by atoms with van der Waals surface area (Å²) in [5.41, 5.74) is 0. The third kappa shape index (κ3) is 5.56. The summed E-state index contributed by atoms with van der Waals surface area (Å²) >= 11 is 4.89. The summed E-state index contributed by atoms with van der Waals surface area (Å²) in [7, 11) is -2.83. The molecule has 2 heterocycles. The molecule has 0 spiro atoms. The van der Waals surface area contributed by atoms with Crippen LogP contribution in [0.4, 0.5) is 0 Å². The first-order chi connectivity index (χ1) is 16.9. The van der Waals surface area contributed by atoms with Crippen LogP contribution in [-0.2, 0) is 13.9 Å². The topological polar surface area (TPSA) is 68.2 Å². The molecule has 0 bridgehead atoms. The van der Waals surface area contributed by atoms with E-state index in [-0.39, 0.29) is 11.6 Å². The highest BCUT2D eigenvalue weighted by Crippen LogP contribution is 2.41. The molecular weight excluding hydrogens is 556 g/mol. The molecule has 5 nitrogen and oxygen atoms in total. The van der Waals surface area contributed by atoms with E-state index in [2.05, 4.69) is 61.0 Å². The molecule has 4 atom stereocenters. The van der Waals surface area contributed by atoms with Gasteiger partial charge in [-0.1, -0.05) is 81.4 Å². The summed E-state index contributed by atoms with van der Waals surface area (Å²) in [5, 5.41) is 24.6. The fourth-order valence-corrected chi connectivity index (χ4v) is 11.1. The summed E-state index contributed by atoms with van der Waals surface area (Å²) in [6.45, 7) is 10.2. The van der Waals surface area contributed by atoms with Gasteiger partial charge in [-0.3, -0.25) is 0 Å². The SMILES string of the molecule is CC1(C)O[C@@H]([C@H](O)c2ccc(Br)s2)[C@@H]([C@H](O)CO[Si](c2ccccc2)(c2ccccc2)C(C)(C)C)O1. The van der Waals surface area contributed by atoms with Crippen molar-refractivity contribution < 1.29 is 24.1 Å². The molecule has 0 amide bonds. The monoisotopic (exact) mass is 590 g/mol. The molecule has 1 aliphatic heterocycles. The van der Waals surface area contributed by atoms with Crippen molar-refractivity contribution in [1.82, 2.24) is 0 Å². The first kappa shape index (κ1) is 27.7. The van der Waals surface area contributed by atoms with E-state index < -0.39 is 38.5 Å². The van der Waals surface area contributed by atoms with E-state index >= 15 is 0 Å².